The van der Waals surface area contributed by atoms with Crippen molar-refractivity contribution in [3.8, 4) is 6.07 Å². The molecule has 0 amide bonds. The average molecular weight is 394 g/mol. The van der Waals surface area contributed by atoms with Crippen LogP contribution < -0.4 is 0 Å². The molecule has 0 saturated heterocycles. The van der Waals surface area contributed by atoms with Crippen LogP contribution in [0.1, 0.15) is 77.2 Å². The molecule has 0 radical (unpaired) electrons. The Labute approximate surface area is 175 Å². The van der Waals surface area contributed by atoms with Gasteiger partial charge in [-0.25, -0.2) is 0 Å². The molecule has 4 fully saturated rings. The molecule has 4 saturated carbocycles. The molecular formula is C25H35N3O. The Balaban J connectivity index is 1.31. The van der Waals surface area contributed by atoms with E-state index in [1.807, 2.05) is 0 Å². The third kappa shape index (κ3) is 3.16. The van der Waals surface area contributed by atoms with Gasteiger partial charge in [-0.15, -0.1) is 0 Å². The Morgan fingerprint density at radius 1 is 1.17 bits per heavy atom. The number of carbonyl (C=O) groups is 1. The van der Waals surface area contributed by atoms with Crippen molar-refractivity contribution in [3.63, 3.8) is 0 Å². The summed E-state index contributed by atoms with van der Waals surface area (Å²) >= 11 is 0. The summed E-state index contributed by atoms with van der Waals surface area (Å²) in [6, 6.07) is 2.10. The molecule has 0 bridgehead atoms. The van der Waals surface area contributed by atoms with Crippen molar-refractivity contribution in [2.45, 2.75) is 78.2 Å². The largest absolute Gasteiger partial charge is 0.297 e. The molecule has 0 spiro atoms. The normalized spacial score (nSPS) is 43.7. The van der Waals surface area contributed by atoms with E-state index in [9.17, 15) is 4.79 Å². The van der Waals surface area contributed by atoms with Gasteiger partial charge in [0.1, 0.15) is 6.07 Å². The molecular weight excluding hydrogens is 358 g/mol. The first-order valence-corrected chi connectivity index (χ1v) is 11.9. The number of fused-ring (bicyclic) bond motifs is 5. The summed E-state index contributed by atoms with van der Waals surface area (Å²) in [5.74, 6) is 5.92. The number of hydrogen-bond donors (Lipinski definition) is 0. The Morgan fingerprint density at radius 3 is 2.79 bits per heavy atom. The van der Waals surface area contributed by atoms with Gasteiger partial charge >= 0.3 is 0 Å². The van der Waals surface area contributed by atoms with E-state index in [0.717, 1.165) is 41.9 Å². The molecule has 29 heavy (non-hydrogen) atoms. The summed E-state index contributed by atoms with van der Waals surface area (Å²) in [5, 5.41) is 13.2. The van der Waals surface area contributed by atoms with Crippen molar-refractivity contribution in [2.75, 3.05) is 0 Å². The van der Waals surface area contributed by atoms with Crippen LogP contribution in [-0.2, 0) is 11.3 Å². The highest BCUT2D eigenvalue weighted by atomic mass is 16.1. The van der Waals surface area contributed by atoms with Crippen molar-refractivity contribution in [2.24, 2.45) is 46.8 Å². The number of hydrogen-bond acceptors (Lipinski definition) is 3. The molecule has 1 heterocycles. The predicted octanol–water partition coefficient (Wildman–Crippen LogP) is 5.23. The van der Waals surface area contributed by atoms with Gasteiger partial charge in [-0.2, -0.15) is 10.4 Å². The van der Waals surface area contributed by atoms with Crippen LogP contribution in [0, 0.1) is 58.2 Å². The van der Waals surface area contributed by atoms with Gasteiger partial charge in [-0.3, -0.25) is 9.48 Å². The minimum absolute atomic E-state index is 0.173. The minimum atomic E-state index is 0.173. The molecule has 8 atom stereocenters. The third-order valence-corrected chi connectivity index (χ3v) is 9.69. The molecule has 4 aliphatic rings. The fourth-order valence-electron chi connectivity index (χ4n) is 8.39. The fourth-order valence-corrected chi connectivity index (χ4v) is 8.39. The van der Waals surface area contributed by atoms with Gasteiger partial charge in [0.05, 0.1) is 18.3 Å². The van der Waals surface area contributed by atoms with Crippen molar-refractivity contribution < 1.29 is 4.79 Å². The van der Waals surface area contributed by atoms with Crippen molar-refractivity contribution in [3.05, 3.63) is 18.0 Å². The predicted molar refractivity (Wildman–Crippen MR) is 112 cm³/mol. The van der Waals surface area contributed by atoms with Crippen molar-refractivity contribution in [1.82, 2.24) is 9.78 Å². The van der Waals surface area contributed by atoms with Gasteiger partial charge in [-0.05, 0) is 92.3 Å². The summed E-state index contributed by atoms with van der Waals surface area (Å²) in [7, 11) is 0. The summed E-state index contributed by atoms with van der Waals surface area (Å²) in [4.78, 5) is 13.3. The van der Waals surface area contributed by atoms with Crippen LogP contribution in [0.4, 0.5) is 0 Å². The van der Waals surface area contributed by atoms with E-state index < -0.39 is 0 Å². The second-order valence-electron chi connectivity index (χ2n) is 11.0. The van der Waals surface area contributed by atoms with Crippen LogP contribution in [0.3, 0.4) is 0 Å². The quantitative estimate of drug-likeness (QED) is 0.706. The number of rotatable bonds is 3. The highest BCUT2D eigenvalue weighted by molar-refractivity contribution is 5.82. The number of nitrogens with zero attached hydrogens (tertiary/aromatic N) is 3. The number of ketones is 1. The lowest BCUT2D eigenvalue weighted by Gasteiger charge is -2.56. The molecule has 5 rings (SSSR count). The van der Waals surface area contributed by atoms with E-state index in [1.54, 1.807) is 17.1 Å². The fraction of sp³-hybridized carbons (Fsp3) is 0.800. The van der Waals surface area contributed by atoms with Crippen LogP contribution in [0.2, 0.25) is 0 Å². The highest BCUT2D eigenvalue weighted by Crippen LogP contribution is 2.64. The van der Waals surface area contributed by atoms with E-state index in [-0.39, 0.29) is 11.3 Å². The Morgan fingerprint density at radius 2 is 2.00 bits per heavy atom. The minimum Gasteiger partial charge on any atom is -0.297 e. The third-order valence-electron chi connectivity index (χ3n) is 9.69. The topological polar surface area (TPSA) is 58.7 Å². The molecule has 4 aliphatic carbocycles. The molecule has 0 aliphatic heterocycles. The molecule has 0 N–H and O–H groups in total. The average Bonchev–Trinajstić information content (AvgIpc) is 3.30. The summed E-state index contributed by atoms with van der Waals surface area (Å²) in [5.41, 5.74) is 0.713. The molecule has 7 unspecified atom stereocenters. The number of nitriles is 1. The van der Waals surface area contributed by atoms with Gasteiger partial charge in [0.15, 0.2) is 5.78 Å². The van der Waals surface area contributed by atoms with E-state index in [2.05, 4.69) is 25.0 Å². The van der Waals surface area contributed by atoms with Crippen LogP contribution in [0.15, 0.2) is 12.4 Å². The maximum Gasteiger partial charge on any atom is 0.157 e. The molecule has 1 aromatic rings. The molecule has 0 aromatic carbocycles. The van der Waals surface area contributed by atoms with Gasteiger partial charge in [0, 0.05) is 12.1 Å². The van der Waals surface area contributed by atoms with E-state index in [4.69, 9.17) is 5.26 Å². The van der Waals surface area contributed by atoms with E-state index >= 15 is 0 Å². The summed E-state index contributed by atoms with van der Waals surface area (Å²) < 4.78 is 1.66. The van der Waals surface area contributed by atoms with Crippen molar-refractivity contribution in [1.29, 1.82) is 5.26 Å². The monoisotopic (exact) mass is 393 g/mol. The summed E-state index contributed by atoms with van der Waals surface area (Å²) in [6.07, 6.45) is 15.3. The Kier molecular flexibility index (Phi) is 4.84. The lowest BCUT2D eigenvalue weighted by molar-refractivity contribution is -0.131. The van der Waals surface area contributed by atoms with E-state index in [0.29, 0.717) is 17.9 Å². The van der Waals surface area contributed by atoms with E-state index in [1.165, 1.54) is 51.4 Å². The first kappa shape index (κ1) is 19.3. The number of carbonyl (C=O) groups excluding carboxylic acids is 1. The zero-order valence-electron chi connectivity index (χ0n) is 18.0. The lowest BCUT2D eigenvalue weighted by atomic mass is 9.49. The maximum atomic E-state index is 13.3. The number of Topliss-reactive ketones (excluding diaryl/α,β-unsaturated/α-hetero) is 1. The first-order valence-electron chi connectivity index (χ1n) is 11.9. The Bertz CT molecular complexity index is 822. The smallest absolute Gasteiger partial charge is 0.157 e. The van der Waals surface area contributed by atoms with Crippen LogP contribution >= 0.6 is 0 Å². The molecule has 4 heteroatoms. The zero-order chi connectivity index (χ0) is 20.2. The van der Waals surface area contributed by atoms with Crippen molar-refractivity contribution >= 4 is 5.78 Å². The first-order chi connectivity index (χ1) is 14.0. The molecule has 4 nitrogen and oxygen atoms in total. The standard InChI is InChI=1S/C25H35N3O/c1-16-3-5-19-18(11-16)4-6-21-20(19)9-10-25(2)22(21)7-8-23(25)24(29)15-28-14-17(12-26)13-27-28/h13-14,16,18-23H,3-11,15H2,1-2H3/t16-,18?,19?,20?,21?,22?,23?,25?/m0/s1. The molecule has 1 aromatic heterocycles. The van der Waals surface area contributed by atoms with Crippen LogP contribution in [-0.4, -0.2) is 15.6 Å². The molecule has 156 valence electrons. The number of aromatic nitrogens is 2. The zero-order valence-corrected chi connectivity index (χ0v) is 18.0. The Hall–Kier alpha value is -1.63. The van der Waals surface area contributed by atoms with Crippen LogP contribution in [0.5, 0.6) is 0 Å². The van der Waals surface area contributed by atoms with Crippen LogP contribution in [0.25, 0.3) is 0 Å². The summed E-state index contributed by atoms with van der Waals surface area (Å²) in [6.45, 7) is 5.21. The second kappa shape index (κ2) is 7.25. The van der Waals surface area contributed by atoms with Gasteiger partial charge < -0.3 is 0 Å². The SMILES string of the molecule is C[C@H]1CCC2C(CCC3C2CCC2(C)C(C(=O)Cn4cc(C#N)cn4)CCC32)C1. The lowest BCUT2D eigenvalue weighted by Crippen LogP contribution is -2.49. The second-order valence-corrected chi connectivity index (χ2v) is 11.0. The highest BCUT2D eigenvalue weighted by Gasteiger charge is 2.58. The van der Waals surface area contributed by atoms with Gasteiger partial charge in [0.2, 0.25) is 0 Å². The van der Waals surface area contributed by atoms with Gasteiger partial charge in [-0.1, -0.05) is 20.3 Å². The maximum absolute atomic E-state index is 13.3. The van der Waals surface area contributed by atoms with Gasteiger partial charge in [0.25, 0.3) is 0 Å².